The Labute approximate surface area is 147 Å². The van der Waals surface area contributed by atoms with Crippen LogP contribution >= 0.6 is 0 Å². The zero-order chi connectivity index (χ0) is 18.4. The molecule has 0 saturated carbocycles. The van der Waals surface area contributed by atoms with Crippen molar-refractivity contribution in [2.45, 2.75) is 13.0 Å². The molecule has 1 N–H and O–H groups in total. The number of carbonyl (C=O) groups is 2. The number of aryl methyl sites for hydroxylation is 1. The molecule has 1 amide bonds. The second-order valence-electron chi connectivity index (χ2n) is 6.00. The van der Waals surface area contributed by atoms with E-state index in [4.69, 9.17) is 0 Å². The molecule has 2 aromatic rings. The van der Waals surface area contributed by atoms with E-state index in [-0.39, 0.29) is 23.3 Å². The van der Waals surface area contributed by atoms with Gasteiger partial charge < -0.3 is 15.0 Å². The van der Waals surface area contributed by atoms with Gasteiger partial charge in [0.2, 0.25) is 0 Å². The molecular formula is C19H23N3O3. The smallest absolute Gasteiger partial charge is 0.356 e. The molecule has 132 valence electrons. The maximum atomic E-state index is 12.4. The van der Waals surface area contributed by atoms with Crippen LogP contribution in [0, 0.1) is 6.92 Å². The van der Waals surface area contributed by atoms with Crippen LogP contribution in [0.15, 0.2) is 42.5 Å². The van der Waals surface area contributed by atoms with E-state index in [0.717, 1.165) is 5.56 Å². The Balaban J connectivity index is 2.09. The molecule has 25 heavy (non-hydrogen) atoms. The number of nitrogens with one attached hydrogen (secondary N) is 1. The van der Waals surface area contributed by atoms with Crippen molar-refractivity contribution in [3.05, 3.63) is 65.0 Å². The number of carbonyl (C=O) groups excluding carboxylic acids is 2. The van der Waals surface area contributed by atoms with E-state index in [9.17, 15) is 9.59 Å². The summed E-state index contributed by atoms with van der Waals surface area (Å²) in [4.78, 5) is 30.0. The number of amides is 1. The van der Waals surface area contributed by atoms with Crippen LogP contribution in [0.5, 0.6) is 0 Å². The van der Waals surface area contributed by atoms with Gasteiger partial charge in [-0.25, -0.2) is 9.78 Å². The van der Waals surface area contributed by atoms with Crippen LogP contribution in [0.25, 0.3) is 0 Å². The Hall–Kier alpha value is -2.73. The van der Waals surface area contributed by atoms with Crippen molar-refractivity contribution in [2.24, 2.45) is 0 Å². The molecule has 1 aromatic carbocycles. The highest BCUT2D eigenvalue weighted by atomic mass is 16.5. The number of pyridine rings is 1. The van der Waals surface area contributed by atoms with Crippen molar-refractivity contribution >= 4 is 11.9 Å². The summed E-state index contributed by atoms with van der Waals surface area (Å²) in [5.74, 6) is -0.898. The first-order valence-corrected chi connectivity index (χ1v) is 7.99. The third-order valence-corrected chi connectivity index (χ3v) is 3.92. The number of nitrogens with zero attached hydrogens (tertiary/aromatic N) is 2. The lowest BCUT2D eigenvalue weighted by atomic mass is 10.0. The van der Waals surface area contributed by atoms with Crippen LogP contribution in [0.2, 0.25) is 0 Å². The molecule has 1 unspecified atom stereocenters. The van der Waals surface area contributed by atoms with Crippen molar-refractivity contribution in [3.8, 4) is 0 Å². The number of hydrogen-bond donors (Lipinski definition) is 1. The number of benzene rings is 1. The zero-order valence-corrected chi connectivity index (χ0v) is 14.9. The number of aromatic nitrogens is 1. The summed E-state index contributed by atoms with van der Waals surface area (Å²) in [5, 5.41) is 2.88. The summed E-state index contributed by atoms with van der Waals surface area (Å²) in [6, 6.07) is 12.9. The summed E-state index contributed by atoms with van der Waals surface area (Å²) in [6.07, 6.45) is 0. The van der Waals surface area contributed by atoms with Crippen LogP contribution in [-0.2, 0) is 4.74 Å². The molecule has 2 rings (SSSR count). The van der Waals surface area contributed by atoms with E-state index < -0.39 is 5.97 Å². The van der Waals surface area contributed by atoms with Gasteiger partial charge in [-0.3, -0.25) is 4.79 Å². The number of rotatable bonds is 6. The van der Waals surface area contributed by atoms with Gasteiger partial charge in [0.25, 0.3) is 5.91 Å². The van der Waals surface area contributed by atoms with Gasteiger partial charge in [0.05, 0.1) is 13.2 Å². The Morgan fingerprint density at radius 1 is 1.12 bits per heavy atom. The maximum Gasteiger partial charge on any atom is 0.356 e. The minimum Gasteiger partial charge on any atom is -0.464 e. The van der Waals surface area contributed by atoms with Gasteiger partial charge in [-0.2, -0.15) is 0 Å². The molecule has 6 heteroatoms. The SMILES string of the molecule is COC(=O)c1cccc(C(=O)NCC(c2ccc(C)cc2)N(C)C)n1. The van der Waals surface area contributed by atoms with Crippen LogP contribution in [0.1, 0.15) is 38.1 Å². The Morgan fingerprint density at radius 2 is 1.76 bits per heavy atom. The first-order chi connectivity index (χ1) is 11.9. The van der Waals surface area contributed by atoms with E-state index in [1.807, 2.05) is 25.9 Å². The maximum absolute atomic E-state index is 12.4. The molecule has 0 aliphatic carbocycles. The van der Waals surface area contributed by atoms with E-state index in [1.54, 1.807) is 12.1 Å². The fourth-order valence-electron chi connectivity index (χ4n) is 2.45. The standard InChI is InChI=1S/C19H23N3O3/c1-13-8-10-14(11-9-13)17(22(2)3)12-20-18(23)15-6-5-7-16(21-15)19(24)25-4/h5-11,17H,12H2,1-4H3,(H,20,23). The van der Waals surface area contributed by atoms with E-state index in [0.29, 0.717) is 6.54 Å². The number of esters is 1. The molecule has 0 radical (unpaired) electrons. The average Bonchev–Trinajstić information content (AvgIpc) is 2.62. The first-order valence-electron chi connectivity index (χ1n) is 7.99. The summed E-state index contributed by atoms with van der Waals surface area (Å²) in [6.45, 7) is 2.47. The van der Waals surface area contributed by atoms with Gasteiger partial charge in [0.1, 0.15) is 11.4 Å². The van der Waals surface area contributed by atoms with Gasteiger partial charge in [0, 0.05) is 6.54 Å². The third-order valence-electron chi connectivity index (χ3n) is 3.92. The number of methoxy groups -OCH3 is 1. The van der Waals surface area contributed by atoms with Gasteiger partial charge in [0.15, 0.2) is 0 Å². The molecule has 0 aliphatic heterocycles. The molecule has 1 heterocycles. The summed E-state index contributed by atoms with van der Waals surface area (Å²) in [7, 11) is 5.21. The predicted octanol–water partition coefficient (Wildman–Crippen LogP) is 2.21. The van der Waals surface area contributed by atoms with Gasteiger partial charge in [-0.05, 0) is 38.7 Å². The highest BCUT2D eigenvalue weighted by Crippen LogP contribution is 2.18. The molecule has 1 atom stereocenters. The Kier molecular flexibility index (Phi) is 6.25. The molecule has 0 saturated heterocycles. The van der Waals surface area contributed by atoms with Crippen molar-refractivity contribution in [1.29, 1.82) is 0 Å². The van der Waals surface area contributed by atoms with Crippen molar-refractivity contribution in [1.82, 2.24) is 15.2 Å². The highest BCUT2D eigenvalue weighted by molar-refractivity contribution is 5.94. The van der Waals surface area contributed by atoms with Crippen LogP contribution in [-0.4, -0.2) is 49.5 Å². The van der Waals surface area contributed by atoms with E-state index in [2.05, 4.69) is 39.3 Å². The second kappa shape index (κ2) is 8.39. The number of hydrogen-bond acceptors (Lipinski definition) is 5. The molecule has 1 aromatic heterocycles. The molecule has 0 spiro atoms. The highest BCUT2D eigenvalue weighted by Gasteiger charge is 2.17. The Morgan fingerprint density at radius 3 is 2.36 bits per heavy atom. The summed E-state index contributed by atoms with van der Waals surface area (Å²) >= 11 is 0. The van der Waals surface area contributed by atoms with Crippen LogP contribution in [0.3, 0.4) is 0 Å². The Bertz CT molecular complexity index is 742. The van der Waals surface area contributed by atoms with Gasteiger partial charge >= 0.3 is 5.97 Å². The normalized spacial score (nSPS) is 11.9. The monoisotopic (exact) mass is 341 g/mol. The van der Waals surface area contributed by atoms with Crippen molar-refractivity contribution in [3.63, 3.8) is 0 Å². The second-order valence-corrected chi connectivity index (χ2v) is 6.00. The summed E-state index contributed by atoms with van der Waals surface area (Å²) < 4.78 is 4.63. The molecule has 0 aliphatic rings. The molecule has 6 nitrogen and oxygen atoms in total. The van der Waals surface area contributed by atoms with Crippen molar-refractivity contribution in [2.75, 3.05) is 27.7 Å². The molecule has 0 fully saturated rings. The lowest BCUT2D eigenvalue weighted by molar-refractivity contribution is 0.0594. The third kappa shape index (κ3) is 4.87. The lowest BCUT2D eigenvalue weighted by Gasteiger charge is -2.25. The largest absolute Gasteiger partial charge is 0.464 e. The first kappa shape index (κ1) is 18.6. The van der Waals surface area contributed by atoms with Crippen LogP contribution < -0.4 is 5.32 Å². The fraction of sp³-hybridized carbons (Fsp3) is 0.316. The predicted molar refractivity (Wildman–Crippen MR) is 95.5 cm³/mol. The van der Waals surface area contributed by atoms with Gasteiger partial charge in [-0.15, -0.1) is 0 Å². The van der Waals surface area contributed by atoms with E-state index in [1.165, 1.54) is 18.7 Å². The van der Waals surface area contributed by atoms with E-state index >= 15 is 0 Å². The van der Waals surface area contributed by atoms with Crippen LogP contribution in [0.4, 0.5) is 0 Å². The van der Waals surface area contributed by atoms with Crippen molar-refractivity contribution < 1.29 is 14.3 Å². The topological polar surface area (TPSA) is 71.5 Å². The zero-order valence-electron chi connectivity index (χ0n) is 14.9. The lowest BCUT2D eigenvalue weighted by Crippen LogP contribution is -2.35. The average molecular weight is 341 g/mol. The van der Waals surface area contributed by atoms with Gasteiger partial charge in [-0.1, -0.05) is 35.9 Å². The fourth-order valence-corrected chi connectivity index (χ4v) is 2.45. The molecule has 0 bridgehead atoms. The number of likely N-dealkylation sites (N-methyl/N-ethyl adjacent to an activating group) is 1. The minimum absolute atomic E-state index is 0.0355. The molecular weight excluding hydrogens is 318 g/mol. The quantitative estimate of drug-likeness (QED) is 0.816. The minimum atomic E-state index is -0.569. The number of ether oxygens (including phenoxy) is 1. The summed E-state index contributed by atoms with van der Waals surface area (Å²) in [5.41, 5.74) is 2.60.